The molecule has 6 rings (SSSR count). The van der Waals surface area contributed by atoms with E-state index >= 15 is 0 Å². The first-order valence-corrected chi connectivity index (χ1v) is 17.1. The number of urea groups is 1. The topological polar surface area (TPSA) is 85.4 Å². The molecule has 0 aromatic heterocycles. The molecule has 1 aromatic carbocycles. The lowest BCUT2D eigenvalue weighted by Gasteiger charge is -2.49. The monoisotopic (exact) mass is 594 g/mol. The second kappa shape index (κ2) is 12.7. The van der Waals surface area contributed by atoms with Gasteiger partial charge in [0.1, 0.15) is 0 Å². The molecule has 4 aliphatic heterocycles. The van der Waals surface area contributed by atoms with Crippen molar-refractivity contribution in [3.63, 3.8) is 0 Å². The van der Waals surface area contributed by atoms with Gasteiger partial charge in [-0.3, -0.25) is 9.69 Å². The van der Waals surface area contributed by atoms with Crippen molar-refractivity contribution in [2.45, 2.75) is 127 Å². The first-order valence-electron chi connectivity index (χ1n) is 17.1. The Bertz CT molecular complexity index is 1100. The molecule has 8 nitrogen and oxygen atoms in total. The predicted octanol–water partition coefficient (Wildman–Crippen LogP) is 5.11. The number of rotatable bonds is 9. The average Bonchev–Trinajstić information content (AvgIpc) is 3.39. The van der Waals surface area contributed by atoms with Crippen LogP contribution in [0.15, 0.2) is 30.3 Å². The summed E-state index contributed by atoms with van der Waals surface area (Å²) in [5.74, 6) is 0.653. The fraction of sp³-hybridized carbons (Fsp3) is 0.771. The van der Waals surface area contributed by atoms with E-state index in [1.54, 1.807) is 0 Å². The SMILES string of the molecule is CC(C)N1C(=O)N(CC2CCOCC2)CC12CC1CCC(C2)N1CC[C@H](NC(=O)C1CCC(C)(O)CC1)c1ccccc1. The molecule has 1 spiro atoms. The van der Waals surface area contributed by atoms with Gasteiger partial charge in [-0.05, 0) is 103 Å². The highest BCUT2D eigenvalue weighted by molar-refractivity contribution is 5.79. The molecular weight excluding hydrogens is 540 g/mol. The summed E-state index contributed by atoms with van der Waals surface area (Å²) in [6.07, 6.45) is 10.3. The van der Waals surface area contributed by atoms with Crippen molar-refractivity contribution in [2.75, 3.05) is 32.8 Å². The van der Waals surface area contributed by atoms with Gasteiger partial charge in [0.2, 0.25) is 5.91 Å². The van der Waals surface area contributed by atoms with Crippen LogP contribution in [0.5, 0.6) is 0 Å². The molecule has 2 N–H and O–H groups in total. The number of ether oxygens (including phenoxy) is 1. The number of fused-ring (bicyclic) bond motifs is 2. The zero-order valence-corrected chi connectivity index (χ0v) is 26.7. The van der Waals surface area contributed by atoms with Crippen LogP contribution in [0, 0.1) is 11.8 Å². The molecular formula is C35H54N4O4. The summed E-state index contributed by atoms with van der Waals surface area (Å²) < 4.78 is 5.58. The van der Waals surface area contributed by atoms with Crippen molar-refractivity contribution in [1.82, 2.24) is 20.0 Å². The molecule has 2 bridgehead atoms. The normalized spacial score (nSPS) is 34.3. The van der Waals surface area contributed by atoms with Gasteiger partial charge in [0, 0.05) is 56.9 Å². The summed E-state index contributed by atoms with van der Waals surface area (Å²) in [7, 11) is 0. The third-order valence-electron chi connectivity index (χ3n) is 11.4. The lowest BCUT2D eigenvalue weighted by Crippen LogP contribution is -2.60. The van der Waals surface area contributed by atoms with Crippen molar-refractivity contribution in [3.8, 4) is 0 Å². The van der Waals surface area contributed by atoms with Crippen LogP contribution >= 0.6 is 0 Å². The molecule has 238 valence electrons. The molecule has 5 aliphatic rings. The quantitative estimate of drug-likeness (QED) is 0.415. The number of hydrogen-bond acceptors (Lipinski definition) is 5. The van der Waals surface area contributed by atoms with E-state index in [1.165, 1.54) is 12.8 Å². The van der Waals surface area contributed by atoms with Crippen molar-refractivity contribution in [3.05, 3.63) is 35.9 Å². The van der Waals surface area contributed by atoms with Crippen molar-refractivity contribution in [2.24, 2.45) is 11.8 Å². The third kappa shape index (κ3) is 6.62. The van der Waals surface area contributed by atoms with Crippen molar-refractivity contribution in [1.29, 1.82) is 0 Å². The molecule has 43 heavy (non-hydrogen) atoms. The molecule has 4 heterocycles. The van der Waals surface area contributed by atoms with Gasteiger partial charge in [-0.2, -0.15) is 0 Å². The summed E-state index contributed by atoms with van der Waals surface area (Å²) in [6.45, 7) is 10.6. The minimum Gasteiger partial charge on any atom is -0.390 e. The summed E-state index contributed by atoms with van der Waals surface area (Å²) in [5.41, 5.74) is 0.446. The number of nitrogens with zero attached hydrogens (tertiary/aromatic N) is 3. The van der Waals surface area contributed by atoms with Crippen LogP contribution in [-0.4, -0.2) is 93.9 Å². The molecule has 3 amide bonds. The van der Waals surface area contributed by atoms with E-state index < -0.39 is 5.60 Å². The summed E-state index contributed by atoms with van der Waals surface area (Å²) in [4.78, 5) is 34.4. The lowest BCUT2D eigenvalue weighted by molar-refractivity contribution is -0.128. The van der Waals surface area contributed by atoms with Crippen LogP contribution in [0.4, 0.5) is 4.79 Å². The molecule has 1 saturated carbocycles. The standard InChI is InChI=1S/C35H54N4O4/c1-25(2)39-33(41)37(23-26-14-19-43-20-15-26)24-35(39)21-29-9-10-30(22-35)38(29)18-13-31(27-7-5-4-6-8-27)36-32(40)28-11-16-34(3,42)17-12-28/h4-8,25-26,28-31,42H,9-24H2,1-3H3,(H,36,40)/t28?,29?,30?,31-,34?,35?/m0/s1. The second-order valence-electron chi connectivity index (χ2n) is 15.0. The van der Waals surface area contributed by atoms with Gasteiger partial charge in [-0.1, -0.05) is 30.3 Å². The number of carbonyl (C=O) groups is 2. The number of amides is 3. The minimum absolute atomic E-state index is 0.0246. The van der Waals surface area contributed by atoms with E-state index in [0.29, 0.717) is 30.8 Å². The van der Waals surface area contributed by atoms with E-state index in [-0.39, 0.29) is 35.5 Å². The van der Waals surface area contributed by atoms with Crippen LogP contribution in [0.1, 0.15) is 103 Å². The molecule has 5 fully saturated rings. The molecule has 3 atom stereocenters. The zero-order valence-electron chi connectivity index (χ0n) is 26.7. The Balaban J connectivity index is 1.12. The third-order valence-corrected chi connectivity index (χ3v) is 11.4. The Labute approximate surface area is 258 Å². The molecule has 1 aromatic rings. The average molecular weight is 595 g/mol. The molecule has 1 aliphatic carbocycles. The van der Waals surface area contributed by atoms with E-state index in [2.05, 4.69) is 58.1 Å². The van der Waals surface area contributed by atoms with Crippen LogP contribution in [0.3, 0.4) is 0 Å². The van der Waals surface area contributed by atoms with E-state index in [4.69, 9.17) is 4.74 Å². The molecule has 8 heteroatoms. The Morgan fingerprint density at radius 3 is 2.30 bits per heavy atom. The summed E-state index contributed by atoms with van der Waals surface area (Å²) in [6, 6.07) is 11.8. The number of carbonyl (C=O) groups excluding carboxylic acids is 2. The fourth-order valence-corrected chi connectivity index (χ4v) is 9.19. The fourth-order valence-electron chi connectivity index (χ4n) is 9.19. The van der Waals surface area contributed by atoms with Crippen LogP contribution in [0.2, 0.25) is 0 Å². The predicted molar refractivity (Wildman–Crippen MR) is 167 cm³/mol. The number of aliphatic hydroxyl groups is 1. The summed E-state index contributed by atoms with van der Waals surface area (Å²) in [5, 5.41) is 13.8. The van der Waals surface area contributed by atoms with Gasteiger partial charge in [-0.15, -0.1) is 0 Å². The lowest BCUT2D eigenvalue weighted by atomic mass is 9.79. The highest BCUT2D eigenvalue weighted by atomic mass is 16.5. The molecule has 4 saturated heterocycles. The van der Waals surface area contributed by atoms with Gasteiger partial charge >= 0.3 is 6.03 Å². The van der Waals surface area contributed by atoms with E-state index in [1.807, 2.05) is 13.0 Å². The largest absolute Gasteiger partial charge is 0.390 e. The maximum Gasteiger partial charge on any atom is 0.320 e. The van der Waals surface area contributed by atoms with Gasteiger partial charge in [0.05, 0.1) is 17.2 Å². The number of benzene rings is 1. The Hall–Kier alpha value is -2.16. The van der Waals surface area contributed by atoms with Crippen LogP contribution in [0.25, 0.3) is 0 Å². The van der Waals surface area contributed by atoms with Crippen LogP contribution in [-0.2, 0) is 9.53 Å². The Morgan fingerprint density at radius 2 is 1.67 bits per heavy atom. The van der Waals surface area contributed by atoms with Crippen molar-refractivity contribution >= 4 is 11.9 Å². The number of piperidine rings is 1. The second-order valence-corrected chi connectivity index (χ2v) is 15.0. The molecule has 0 radical (unpaired) electrons. The molecule has 2 unspecified atom stereocenters. The maximum absolute atomic E-state index is 13.8. The number of hydrogen-bond donors (Lipinski definition) is 2. The Kier molecular flexibility index (Phi) is 9.10. The first kappa shape index (κ1) is 30.8. The smallest absolute Gasteiger partial charge is 0.320 e. The summed E-state index contributed by atoms with van der Waals surface area (Å²) >= 11 is 0. The number of nitrogens with one attached hydrogen (secondary N) is 1. The van der Waals surface area contributed by atoms with Crippen molar-refractivity contribution < 1.29 is 19.4 Å². The van der Waals surface area contributed by atoms with Gasteiger partial charge in [-0.25, -0.2) is 4.79 Å². The van der Waals surface area contributed by atoms with Gasteiger partial charge in [0.25, 0.3) is 0 Å². The Morgan fingerprint density at radius 1 is 1.02 bits per heavy atom. The van der Waals surface area contributed by atoms with E-state index in [0.717, 1.165) is 83.4 Å². The zero-order chi connectivity index (χ0) is 30.2. The van der Waals surface area contributed by atoms with Gasteiger partial charge < -0.3 is 25.0 Å². The van der Waals surface area contributed by atoms with Crippen LogP contribution < -0.4 is 5.32 Å². The maximum atomic E-state index is 13.8. The van der Waals surface area contributed by atoms with E-state index in [9.17, 15) is 14.7 Å². The first-order chi connectivity index (χ1) is 20.6. The highest BCUT2D eigenvalue weighted by Crippen LogP contribution is 2.48. The van der Waals surface area contributed by atoms with Gasteiger partial charge in [0.15, 0.2) is 0 Å². The highest BCUT2D eigenvalue weighted by Gasteiger charge is 2.57. The minimum atomic E-state index is -0.641.